The minimum absolute atomic E-state index is 0.0662. The third-order valence-corrected chi connectivity index (χ3v) is 3.14. The molecule has 0 aliphatic heterocycles. The van der Waals surface area contributed by atoms with Crippen LogP contribution >= 0.6 is 0 Å². The van der Waals surface area contributed by atoms with Gasteiger partial charge in [-0.15, -0.1) is 0 Å². The third-order valence-electron chi connectivity index (χ3n) is 3.14. The molecule has 1 aliphatic carbocycles. The number of non-ortho nitro benzene ring substituents is 1. The summed E-state index contributed by atoms with van der Waals surface area (Å²) in [7, 11) is 0. The number of amides is 1. The summed E-state index contributed by atoms with van der Waals surface area (Å²) < 4.78 is 13.8. The van der Waals surface area contributed by atoms with E-state index in [9.17, 15) is 19.3 Å². The van der Waals surface area contributed by atoms with Crippen molar-refractivity contribution in [3.63, 3.8) is 0 Å². The second-order valence-corrected chi connectivity index (χ2v) is 4.48. The van der Waals surface area contributed by atoms with Crippen LogP contribution in [0.25, 0.3) is 0 Å². The Balaban J connectivity index is 2.29. The number of benzene rings is 1. The standard InChI is InChI=1S/C12H13FN2O3/c1-7-5-9(15(17)18)6-10(11(7)13)12(16)14-8-3-2-4-8/h5-6,8H,2-4H2,1H3,(H,14,16). The number of aryl methyl sites for hydroxylation is 1. The molecule has 1 saturated carbocycles. The van der Waals surface area contributed by atoms with Gasteiger partial charge in [-0.05, 0) is 31.7 Å². The summed E-state index contributed by atoms with van der Waals surface area (Å²) >= 11 is 0. The molecule has 1 N–H and O–H groups in total. The molecule has 0 atom stereocenters. The molecule has 0 spiro atoms. The molecular formula is C12H13FN2O3. The lowest BCUT2D eigenvalue weighted by Crippen LogP contribution is -2.39. The second kappa shape index (κ2) is 4.72. The maximum atomic E-state index is 13.8. The van der Waals surface area contributed by atoms with E-state index in [0.29, 0.717) is 0 Å². The van der Waals surface area contributed by atoms with Crippen LogP contribution in [0.5, 0.6) is 0 Å². The molecule has 96 valence electrons. The van der Waals surface area contributed by atoms with Crippen LogP contribution in [0.1, 0.15) is 35.2 Å². The van der Waals surface area contributed by atoms with Crippen LogP contribution in [0.15, 0.2) is 12.1 Å². The molecule has 18 heavy (non-hydrogen) atoms. The normalized spacial score (nSPS) is 15.0. The Morgan fingerprint density at radius 3 is 2.67 bits per heavy atom. The van der Waals surface area contributed by atoms with Gasteiger partial charge < -0.3 is 5.32 Å². The number of hydrogen-bond donors (Lipinski definition) is 1. The molecule has 0 radical (unpaired) electrons. The van der Waals surface area contributed by atoms with Crippen LogP contribution in [0.3, 0.4) is 0 Å². The van der Waals surface area contributed by atoms with Crippen molar-refractivity contribution in [1.82, 2.24) is 5.32 Å². The Morgan fingerprint density at radius 2 is 2.17 bits per heavy atom. The topological polar surface area (TPSA) is 72.2 Å². The third kappa shape index (κ3) is 2.32. The Labute approximate surface area is 103 Å². The molecule has 1 amide bonds. The number of halogens is 1. The number of hydrogen-bond acceptors (Lipinski definition) is 3. The van der Waals surface area contributed by atoms with E-state index in [2.05, 4.69) is 5.32 Å². The van der Waals surface area contributed by atoms with Crippen molar-refractivity contribution in [2.75, 3.05) is 0 Å². The van der Waals surface area contributed by atoms with Crippen LogP contribution in [-0.4, -0.2) is 16.9 Å². The largest absolute Gasteiger partial charge is 0.349 e. The van der Waals surface area contributed by atoms with E-state index in [1.165, 1.54) is 6.92 Å². The molecule has 1 aromatic rings. The molecular weight excluding hydrogens is 239 g/mol. The molecule has 1 aliphatic rings. The number of carbonyl (C=O) groups is 1. The van der Waals surface area contributed by atoms with Gasteiger partial charge in [0.2, 0.25) is 0 Å². The predicted molar refractivity (Wildman–Crippen MR) is 62.9 cm³/mol. The average molecular weight is 252 g/mol. The first kappa shape index (κ1) is 12.5. The van der Waals surface area contributed by atoms with Crippen LogP contribution in [0.4, 0.5) is 10.1 Å². The smallest absolute Gasteiger partial charge is 0.270 e. The Hall–Kier alpha value is -1.98. The predicted octanol–water partition coefficient (Wildman–Crippen LogP) is 2.32. The first-order valence-electron chi connectivity index (χ1n) is 5.74. The van der Waals surface area contributed by atoms with E-state index >= 15 is 0 Å². The van der Waals surface area contributed by atoms with Crippen molar-refractivity contribution in [2.45, 2.75) is 32.2 Å². The number of nitro groups is 1. The van der Waals surface area contributed by atoms with Crippen molar-refractivity contribution in [3.05, 3.63) is 39.2 Å². The quantitative estimate of drug-likeness (QED) is 0.662. The van der Waals surface area contributed by atoms with Crippen LogP contribution in [0, 0.1) is 22.9 Å². The Morgan fingerprint density at radius 1 is 1.50 bits per heavy atom. The van der Waals surface area contributed by atoms with Gasteiger partial charge in [-0.25, -0.2) is 4.39 Å². The van der Waals surface area contributed by atoms with Gasteiger partial charge in [0.05, 0.1) is 10.5 Å². The lowest BCUT2D eigenvalue weighted by molar-refractivity contribution is -0.385. The Bertz CT molecular complexity index is 512. The molecule has 5 nitrogen and oxygen atoms in total. The van der Waals surface area contributed by atoms with Crippen LogP contribution < -0.4 is 5.32 Å². The van der Waals surface area contributed by atoms with Gasteiger partial charge in [0, 0.05) is 18.2 Å². The summed E-state index contributed by atoms with van der Waals surface area (Å²) in [5, 5.41) is 13.3. The van der Waals surface area contributed by atoms with E-state index in [4.69, 9.17) is 0 Å². The molecule has 0 bridgehead atoms. The van der Waals surface area contributed by atoms with E-state index in [1.54, 1.807) is 0 Å². The zero-order valence-corrected chi connectivity index (χ0v) is 9.90. The van der Waals surface area contributed by atoms with Crippen LogP contribution in [0.2, 0.25) is 0 Å². The van der Waals surface area contributed by atoms with E-state index in [-0.39, 0.29) is 22.9 Å². The number of nitro benzene ring substituents is 1. The highest BCUT2D eigenvalue weighted by Gasteiger charge is 2.24. The van der Waals surface area contributed by atoms with Crippen molar-refractivity contribution in [2.24, 2.45) is 0 Å². The summed E-state index contributed by atoms with van der Waals surface area (Å²) in [6.07, 6.45) is 2.80. The molecule has 6 heteroatoms. The highest BCUT2D eigenvalue weighted by atomic mass is 19.1. The average Bonchev–Trinajstić information content (AvgIpc) is 2.26. The van der Waals surface area contributed by atoms with Gasteiger partial charge in [-0.3, -0.25) is 14.9 Å². The fourth-order valence-corrected chi connectivity index (χ4v) is 1.84. The highest BCUT2D eigenvalue weighted by molar-refractivity contribution is 5.95. The fraction of sp³-hybridized carbons (Fsp3) is 0.417. The Kier molecular flexibility index (Phi) is 3.27. The van der Waals surface area contributed by atoms with Crippen molar-refractivity contribution >= 4 is 11.6 Å². The van der Waals surface area contributed by atoms with Gasteiger partial charge >= 0.3 is 0 Å². The summed E-state index contributed by atoms with van der Waals surface area (Å²) in [5.74, 6) is -1.28. The summed E-state index contributed by atoms with van der Waals surface area (Å²) in [6.45, 7) is 1.41. The van der Waals surface area contributed by atoms with E-state index in [0.717, 1.165) is 31.4 Å². The first-order chi connectivity index (χ1) is 8.49. The second-order valence-electron chi connectivity index (χ2n) is 4.48. The molecule has 0 unspecified atom stereocenters. The van der Waals surface area contributed by atoms with Crippen molar-refractivity contribution < 1.29 is 14.1 Å². The van der Waals surface area contributed by atoms with E-state index < -0.39 is 16.6 Å². The van der Waals surface area contributed by atoms with Gasteiger partial charge in [-0.1, -0.05) is 0 Å². The molecule has 1 fully saturated rings. The summed E-state index contributed by atoms with van der Waals surface area (Å²) in [6, 6.07) is 2.17. The van der Waals surface area contributed by atoms with Gasteiger partial charge in [0.15, 0.2) is 0 Å². The molecule has 1 aromatic carbocycles. The van der Waals surface area contributed by atoms with Crippen LogP contribution in [-0.2, 0) is 0 Å². The number of nitrogens with one attached hydrogen (secondary N) is 1. The lowest BCUT2D eigenvalue weighted by atomic mass is 9.93. The maximum Gasteiger partial charge on any atom is 0.270 e. The molecule has 2 rings (SSSR count). The van der Waals surface area contributed by atoms with Gasteiger partial charge in [0.1, 0.15) is 5.82 Å². The monoisotopic (exact) mass is 252 g/mol. The number of nitrogens with zero attached hydrogens (tertiary/aromatic N) is 1. The minimum Gasteiger partial charge on any atom is -0.349 e. The number of rotatable bonds is 3. The van der Waals surface area contributed by atoms with Crippen molar-refractivity contribution in [3.8, 4) is 0 Å². The van der Waals surface area contributed by atoms with Gasteiger partial charge in [-0.2, -0.15) is 0 Å². The fourth-order valence-electron chi connectivity index (χ4n) is 1.84. The lowest BCUT2D eigenvalue weighted by Gasteiger charge is -2.26. The van der Waals surface area contributed by atoms with E-state index in [1.807, 2.05) is 0 Å². The molecule has 0 heterocycles. The van der Waals surface area contributed by atoms with Gasteiger partial charge in [0.25, 0.3) is 11.6 Å². The first-order valence-corrected chi connectivity index (χ1v) is 5.74. The summed E-state index contributed by atoms with van der Waals surface area (Å²) in [4.78, 5) is 21.9. The van der Waals surface area contributed by atoms with Crippen molar-refractivity contribution in [1.29, 1.82) is 0 Å². The number of carbonyl (C=O) groups excluding carboxylic acids is 1. The highest BCUT2D eigenvalue weighted by Crippen LogP contribution is 2.23. The zero-order chi connectivity index (χ0) is 13.3. The molecule has 0 aromatic heterocycles. The zero-order valence-electron chi connectivity index (χ0n) is 9.90. The maximum absolute atomic E-state index is 13.8. The summed E-state index contributed by atoms with van der Waals surface area (Å²) in [5.41, 5.74) is -0.427. The SMILES string of the molecule is Cc1cc([N+](=O)[O-])cc(C(=O)NC2CCC2)c1F. The molecule has 0 saturated heterocycles. The minimum atomic E-state index is -0.697.